The number of hydrogen-bond donors (Lipinski definition) is 3. The average molecular weight is 285 g/mol. The molecule has 4 N–H and O–H groups in total. The van der Waals surface area contributed by atoms with Gasteiger partial charge in [-0.3, -0.25) is 4.79 Å². The molecule has 0 saturated carbocycles. The zero-order valence-electron chi connectivity index (χ0n) is 11.2. The monoisotopic (exact) mass is 284 g/mol. The fourth-order valence-electron chi connectivity index (χ4n) is 2.27. The fourth-order valence-corrected chi connectivity index (χ4v) is 2.27. The summed E-state index contributed by atoms with van der Waals surface area (Å²) in [4.78, 5) is 12.0. The summed E-state index contributed by atoms with van der Waals surface area (Å²) in [6.07, 6.45) is 0.0415. The Balaban J connectivity index is 0.00000180. The SMILES string of the molecule is CC(N)C(C)C(=O)N[C@@H]1c2ccccc2C[C@@H]1O.Cl. The molecule has 1 aromatic rings. The number of carbonyl (C=O) groups excluding carboxylic acids is 1. The molecule has 2 rings (SSSR count). The molecule has 1 aliphatic carbocycles. The van der Waals surface area contributed by atoms with Crippen molar-refractivity contribution in [2.45, 2.75) is 38.5 Å². The quantitative estimate of drug-likeness (QED) is 0.780. The van der Waals surface area contributed by atoms with Crippen molar-refractivity contribution in [3.63, 3.8) is 0 Å². The maximum Gasteiger partial charge on any atom is 0.224 e. The van der Waals surface area contributed by atoms with Gasteiger partial charge in [0.2, 0.25) is 5.91 Å². The van der Waals surface area contributed by atoms with Crippen LogP contribution in [0.25, 0.3) is 0 Å². The first-order chi connectivity index (χ1) is 8.50. The average Bonchev–Trinajstić information content (AvgIpc) is 2.65. The van der Waals surface area contributed by atoms with Crippen LogP contribution in [0.1, 0.15) is 31.0 Å². The third-order valence-corrected chi connectivity index (χ3v) is 3.70. The lowest BCUT2D eigenvalue weighted by Gasteiger charge is -2.22. The number of halogens is 1. The molecule has 0 aliphatic heterocycles. The van der Waals surface area contributed by atoms with Gasteiger partial charge in [0.1, 0.15) is 0 Å². The molecule has 4 atom stereocenters. The second-order valence-corrected chi connectivity index (χ2v) is 5.10. The zero-order chi connectivity index (χ0) is 13.3. The number of carbonyl (C=O) groups is 1. The van der Waals surface area contributed by atoms with Crippen LogP contribution in [0.4, 0.5) is 0 Å². The van der Waals surface area contributed by atoms with Crippen LogP contribution in [0.15, 0.2) is 24.3 Å². The van der Waals surface area contributed by atoms with E-state index < -0.39 is 6.10 Å². The summed E-state index contributed by atoms with van der Waals surface area (Å²) >= 11 is 0. The van der Waals surface area contributed by atoms with Gasteiger partial charge >= 0.3 is 0 Å². The normalized spacial score (nSPS) is 24.0. The standard InChI is InChI=1S/C14H20N2O2.ClH/c1-8(9(2)15)14(18)16-13-11-6-4-3-5-10(11)7-12(13)17;/h3-6,8-9,12-13,17H,7,15H2,1-2H3,(H,16,18);1H/t8?,9?,12-,13+;/m0./s1. The number of nitrogens with one attached hydrogen (secondary N) is 1. The Kier molecular flexibility index (Phi) is 5.35. The van der Waals surface area contributed by atoms with Crippen molar-refractivity contribution >= 4 is 18.3 Å². The van der Waals surface area contributed by atoms with Gasteiger partial charge in [0.25, 0.3) is 0 Å². The number of nitrogens with two attached hydrogens (primary N) is 1. The van der Waals surface area contributed by atoms with E-state index in [0.29, 0.717) is 6.42 Å². The summed E-state index contributed by atoms with van der Waals surface area (Å²) in [6.45, 7) is 3.61. The summed E-state index contributed by atoms with van der Waals surface area (Å²) in [5, 5.41) is 12.9. The molecule has 4 nitrogen and oxygen atoms in total. The number of rotatable bonds is 3. The third kappa shape index (κ3) is 3.26. The molecule has 0 saturated heterocycles. The van der Waals surface area contributed by atoms with Crippen molar-refractivity contribution in [3.05, 3.63) is 35.4 Å². The minimum absolute atomic E-state index is 0. The molecule has 0 radical (unpaired) electrons. The van der Waals surface area contributed by atoms with Crippen molar-refractivity contribution in [2.24, 2.45) is 11.7 Å². The minimum Gasteiger partial charge on any atom is -0.390 e. The third-order valence-electron chi connectivity index (χ3n) is 3.70. The summed E-state index contributed by atoms with van der Waals surface area (Å²) in [7, 11) is 0. The highest BCUT2D eigenvalue weighted by atomic mass is 35.5. The number of aliphatic hydroxyl groups is 1. The minimum atomic E-state index is -0.549. The molecule has 0 fully saturated rings. The molecule has 1 aliphatic rings. The molecule has 0 spiro atoms. The Morgan fingerprint density at radius 2 is 2.05 bits per heavy atom. The van der Waals surface area contributed by atoms with E-state index in [4.69, 9.17) is 5.73 Å². The van der Waals surface area contributed by atoms with Gasteiger partial charge in [-0.1, -0.05) is 31.2 Å². The molecular formula is C14H21ClN2O2. The largest absolute Gasteiger partial charge is 0.390 e. The van der Waals surface area contributed by atoms with Crippen LogP contribution in [-0.2, 0) is 11.2 Å². The lowest BCUT2D eigenvalue weighted by atomic mass is 10.0. The molecule has 106 valence electrons. The van der Waals surface area contributed by atoms with Crippen LogP contribution < -0.4 is 11.1 Å². The van der Waals surface area contributed by atoms with Gasteiger partial charge in [-0.05, 0) is 18.1 Å². The van der Waals surface area contributed by atoms with Gasteiger partial charge in [-0.25, -0.2) is 0 Å². The summed E-state index contributed by atoms with van der Waals surface area (Å²) in [5.41, 5.74) is 7.83. The number of hydrogen-bond acceptors (Lipinski definition) is 3. The van der Waals surface area contributed by atoms with E-state index in [2.05, 4.69) is 5.32 Å². The second-order valence-electron chi connectivity index (χ2n) is 5.10. The number of aliphatic hydroxyl groups excluding tert-OH is 1. The molecule has 0 bridgehead atoms. The van der Waals surface area contributed by atoms with Crippen LogP contribution in [0, 0.1) is 5.92 Å². The van der Waals surface area contributed by atoms with Crippen molar-refractivity contribution in [1.82, 2.24) is 5.32 Å². The maximum absolute atomic E-state index is 12.0. The Morgan fingerprint density at radius 3 is 2.68 bits per heavy atom. The van der Waals surface area contributed by atoms with Gasteiger partial charge in [0.15, 0.2) is 0 Å². The molecule has 0 heterocycles. The Bertz CT molecular complexity index is 451. The predicted molar refractivity (Wildman–Crippen MR) is 77.1 cm³/mol. The van der Waals surface area contributed by atoms with Gasteiger partial charge in [-0.15, -0.1) is 12.4 Å². The smallest absolute Gasteiger partial charge is 0.224 e. The van der Waals surface area contributed by atoms with E-state index in [1.807, 2.05) is 31.2 Å². The fraction of sp³-hybridized carbons (Fsp3) is 0.500. The summed E-state index contributed by atoms with van der Waals surface area (Å²) in [6, 6.07) is 7.30. The number of fused-ring (bicyclic) bond motifs is 1. The number of benzene rings is 1. The lowest BCUT2D eigenvalue weighted by Crippen LogP contribution is -2.42. The molecule has 2 unspecified atom stereocenters. The Morgan fingerprint density at radius 1 is 1.42 bits per heavy atom. The van der Waals surface area contributed by atoms with E-state index in [-0.39, 0.29) is 36.3 Å². The van der Waals surface area contributed by atoms with Crippen LogP contribution in [0.5, 0.6) is 0 Å². The van der Waals surface area contributed by atoms with E-state index in [9.17, 15) is 9.90 Å². The van der Waals surface area contributed by atoms with Crippen molar-refractivity contribution in [1.29, 1.82) is 0 Å². The molecule has 19 heavy (non-hydrogen) atoms. The maximum atomic E-state index is 12.0. The van der Waals surface area contributed by atoms with E-state index >= 15 is 0 Å². The van der Waals surface area contributed by atoms with Crippen molar-refractivity contribution in [3.8, 4) is 0 Å². The number of amides is 1. The zero-order valence-corrected chi connectivity index (χ0v) is 12.0. The molecule has 1 aromatic carbocycles. The summed E-state index contributed by atoms with van der Waals surface area (Å²) < 4.78 is 0. The van der Waals surface area contributed by atoms with E-state index in [1.54, 1.807) is 6.92 Å². The highest BCUT2D eigenvalue weighted by Gasteiger charge is 2.33. The predicted octanol–water partition coefficient (Wildman–Crippen LogP) is 1.17. The first-order valence-electron chi connectivity index (χ1n) is 6.32. The first kappa shape index (κ1) is 16.0. The van der Waals surface area contributed by atoms with E-state index in [0.717, 1.165) is 11.1 Å². The molecule has 0 aromatic heterocycles. The second kappa shape index (κ2) is 6.37. The summed E-state index contributed by atoms with van der Waals surface area (Å²) in [5.74, 6) is -0.365. The van der Waals surface area contributed by atoms with Crippen molar-refractivity contribution < 1.29 is 9.90 Å². The van der Waals surface area contributed by atoms with Crippen LogP contribution in [-0.4, -0.2) is 23.2 Å². The van der Waals surface area contributed by atoms with Crippen LogP contribution in [0.2, 0.25) is 0 Å². The molecule has 1 amide bonds. The van der Waals surface area contributed by atoms with Gasteiger partial charge in [0.05, 0.1) is 12.1 Å². The highest BCUT2D eigenvalue weighted by Crippen LogP contribution is 2.31. The Labute approximate surface area is 119 Å². The van der Waals surface area contributed by atoms with Crippen molar-refractivity contribution in [2.75, 3.05) is 0 Å². The molecular weight excluding hydrogens is 264 g/mol. The van der Waals surface area contributed by atoms with Gasteiger partial charge in [-0.2, -0.15) is 0 Å². The van der Waals surface area contributed by atoms with Gasteiger partial charge in [0, 0.05) is 18.4 Å². The highest BCUT2D eigenvalue weighted by molar-refractivity contribution is 5.85. The topological polar surface area (TPSA) is 75.4 Å². The first-order valence-corrected chi connectivity index (χ1v) is 6.32. The van der Waals surface area contributed by atoms with E-state index in [1.165, 1.54) is 0 Å². The van der Waals surface area contributed by atoms with Crippen LogP contribution >= 0.6 is 12.4 Å². The Hall–Kier alpha value is -1.10. The van der Waals surface area contributed by atoms with Crippen LogP contribution in [0.3, 0.4) is 0 Å². The lowest BCUT2D eigenvalue weighted by molar-refractivity contribution is -0.126. The molecule has 5 heteroatoms. The van der Waals surface area contributed by atoms with Gasteiger partial charge < -0.3 is 16.2 Å².